The van der Waals surface area contributed by atoms with Crippen LogP contribution in [0.2, 0.25) is 0 Å². The second-order valence-electron chi connectivity index (χ2n) is 3.93. The van der Waals surface area contributed by atoms with E-state index in [2.05, 4.69) is 15.0 Å². The highest BCUT2D eigenvalue weighted by Crippen LogP contribution is 2.08. The molecule has 7 heteroatoms. The van der Waals surface area contributed by atoms with Gasteiger partial charge in [0.15, 0.2) is 5.03 Å². The van der Waals surface area contributed by atoms with E-state index < -0.39 is 10.0 Å². The zero-order valence-corrected chi connectivity index (χ0v) is 12.4. The molecule has 0 aliphatic heterocycles. The van der Waals surface area contributed by atoms with Crippen molar-refractivity contribution in [2.45, 2.75) is 23.7 Å². The van der Waals surface area contributed by atoms with Gasteiger partial charge in [-0.25, -0.2) is 18.1 Å². The van der Waals surface area contributed by atoms with Crippen molar-refractivity contribution in [2.75, 3.05) is 19.8 Å². The van der Waals surface area contributed by atoms with Gasteiger partial charge in [-0.2, -0.15) is 11.8 Å². The van der Waals surface area contributed by atoms with Crippen molar-refractivity contribution in [2.24, 2.45) is 0 Å². The van der Waals surface area contributed by atoms with Gasteiger partial charge in [0.05, 0.1) is 0 Å². The summed E-state index contributed by atoms with van der Waals surface area (Å²) in [5, 5.41) is 3.29. The fraction of sp³-hybridized carbons (Fsp3) is 0.545. The summed E-state index contributed by atoms with van der Waals surface area (Å²) in [6, 6.07) is 3.29. The number of rotatable bonds is 7. The molecule has 0 saturated heterocycles. The van der Waals surface area contributed by atoms with Crippen LogP contribution in [0.5, 0.6) is 0 Å². The Kier molecular flexibility index (Phi) is 6.07. The standard InChI is InChI=1S/C11H19N3O2S2/c1-9(17-3)6-14-18(15,16)11-5-4-10(7-12-2)8-13-11/h4-5,8-9,12,14H,6-7H2,1-3H3. The van der Waals surface area contributed by atoms with E-state index >= 15 is 0 Å². The summed E-state index contributed by atoms with van der Waals surface area (Å²) in [5.74, 6) is 0. The topological polar surface area (TPSA) is 71.1 Å². The maximum Gasteiger partial charge on any atom is 0.258 e. The molecule has 0 aromatic carbocycles. The molecule has 18 heavy (non-hydrogen) atoms. The van der Waals surface area contributed by atoms with Gasteiger partial charge in [0.1, 0.15) is 0 Å². The number of hydrogen-bond acceptors (Lipinski definition) is 5. The Morgan fingerprint density at radius 3 is 2.67 bits per heavy atom. The van der Waals surface area contributed by atoms with Crippen molar-refractivity contribution in [1.29, 1.82) is 0 Å². The molecule has 5 nitrogen and oxygen atoms in total. The number of hydrogen-bond donors (Lipinski definition) is 2. The van der Waals surface area contributed by atoms with Gasteiger partial charge in [-0.3, -0.25) is 0 Å². The van der Waals surface area contributed by atoms with Crippen molar-refractivity contribution in [1.82, 2.24) is 15.0 Å². The summed E-state index contributed by atoms with van der Waals surface area (Å²) >= 11 is 1.61. The van der Waals surface area contributed by atoms with E-state index in [1.807, 2.05) is 20.2 Å². The minimum absolute atomic E-state index is 0.0654. The predicted molar refractivity (Wildman–Crippen MR) is 75.2 cm³/mol. The predicted octanol–water partition coefficient (Wildman–Crippen LogP) is 0.831. The molecular formula is C11H19N3O2S2. The maximum atomic E-state index is 11.9. The molecule has 1 unspecified atom stereocenters. The van der Waals surface area contributed by atoms with E-state index in [9.17, 15) is 8.42 Å². The third-order valence-electron chi connectivity index (χ3n) is 2.42. The van der Waals surface area contributed by atoms with Crippen LogP contribution in [0.3, 0.4) is 0 Å². The van der Waals surface area contributed by atoms with Gasteiger partial charge in [-0.1, -0.05) is 13.0 Å². The van der Waals surface area contributed by atoms with Crippen LogP contribution in [0.25, 0.3) is 0 Å². The molecule has 1 rings (SSSR count). The Balaban J connectivity index is 2.72. The minimum atomic E-state index is -3.49. The van der Waals surface area contributed by atoms with Gasteiger partial charge in [0.25, 0.3) is 10.0 Å². The van der Waals surface area contributed by atoms with Gasteiger partial charge < -0.3 is 5.32 Å². The van der Waals surface area contributed by atoms with E-state index in [1.54, 1.807) is 24.0 Å². The van der Waals surface area contributed by atoms with Crippen LogP contribution in [-0.4, -0.2) is 38.5 Å². The Hall–Kier alpha value is -0.630. The Morgan fingerprint density at radius 2 is 2.17 bits per heavy atom. The molecule has 2 N–H and O–H groups in total. The molecule has 1 atom stereocenters. The Labute approximate surface area is 113 Å². The van der Waals surface area contributed by atoms with Gasteiger partial charge >= 0.3 is 0 Å². The first-order valence-electron chi connectivity index (χ1n) is 5.61. The van der Waals surface area contributed by atoms with E-state index in [-0.39, 0.29) is 10.3 Å². The molecule has 0 bridgehead atoms. The summed E-state index contributed by atoms with van der Waals surface area (Å²) in [4.78, 5) is 3.98. The lowest BCUT2D eigenvalue weighted by Crippen LogP contribution is -2.30. The Bertz CT molecular complexity index is 460. The smallest absolute Gasteiger partial charge is 0.258 e. The highest BCUT2D eigenvalue weighted by molar-refractivity contribution is 7.99. The lowest BCUT2D eigenvalue weighted by atomic mass is 10.3. The van der Waals surface area contributed by atoms with Gasteiger partial charge in [0, 0.05) is 24.5 Å². The van der Waals surface area contributed by atoms with E-state index in [0.29, 0.717) is 13.1 Å². The van der Waals surface area contributed by atoms with Crippen molar-refractivity contribution >= 4 is 21.8 Å². The molecule has 0 fully saturated rings. The van der Waals surface area contributed by atoms with Crippen LogP contribution in [-0.2, 0) is 16.6 Å². The lowest BCUT2D eigenvalue weighted by molar-refractivity contribution is 0.577. The van der Waals surface area contributed by atoms with Crippen LogP contribution in [0.4, 0.5) is 0 Å². The van der Waals surface area contributed by atoms with Gasteiger partial charge in [-0.15, -0.1) is 0 Å². The van der Waals surface area contributed by atoms with E-state index in [0.717, 1.165) is 5.56 Å². The number of aromatic nitrogens is 1. The summed E-state index contributed by atoms with van der Waals surface area (Å²) < 4.78 is 26.4. The molecule has 0 radical (unpaired) electrons. The second kappa shape index (κ2) is 7.08. The lowest BCUT2D eigenvalue weighted by Gasteiger charge is -2.10. The normalized spacial score (nSPS) is 13.5. The highest BCUT2D eigenvalue weighted by atomic mass is 32.2. The number of pyridine rings is 1. The summed E-state index contributed by atoms with van der Waals surface area (Å²) in [5.41, 5.74) is 0.953. The largest absolute Gasteiger partial charge is 0.316 e. The molecule has 0 aliphatic carbocycles. The highest BCUT2D eigenvalue weighted by Gasteiger charge is 2.16. The maximum absolute atomic E-state index is 11.9. The SMILES string of the molecule is CNCc1ccc(S(=O)(=O)NCC(C)SC)nc1. The van der Waals surface area contributed by atoms with Crippen molar-refractivity contribution < 1.29 is 8.42 Å². The fourth-order valence-electron chi connectivity index (χ4n) is 1.26. The summed E-state index contributed by atoms with van der Waals surface area (Å²) in [7, 11) is -1.66. The van der Waals surface area contributed by atoms with Crippen LogP contribution in [0.1, 0.15) is 12.5 Å². The number of nitrogens with zero attached hydrogens (tertiary/aromatic N) is 1. The molecule has 0 saturated carbocycles. The average Bonchev–Trinajstić information content (AvgIpc) is 2.37. The number of nitrogens with one attached hydrogen (secondary N) is 2. The number of thioether (sulfide) groups is 1. The molecule has 1 aromatic rings. The first kappa shape index (κ1) is 15.4. The molecule has 1 aromatic heterocycles. The van der Waals surface area contributed by atoms with Gasteiger partial charge in [-0.05, 0) is 24.9 Å². The fourth-order valence-corrected chi connectivity index (χ4v) is 2.67. The third kappa shape index (κ3) is 4.56. The molecule has 102 valence electrons. The monoisotopic (exact) mass is 289 g/mol. The quantitative estimate of drug-likeness (QED) is 0.778. The first-order chi connectivity index (χ1) is 8.49. The van der Waals surface area contributed by atoms with E-state index in [1.165, 1.54) is 6.07 Å². The third-order valence-corrected chi connectivity index (χ3v) is 4.73. The van der Waals surface area contributed by atoms with Gasteiger partial charge in [0.2, 0.25) is 0 Å². The zero-order chi connectivity index (χ0) is 13.6. The van der Waals surface area contributed by atoms with Crippen LogP contribution < -0.4 is 10.0 Å². The van der Waals surface area contributed by atoms with Crippen LogP contribution >= 0.6 is 11.8 Å². The summed E-state index contributed by atoms with van der Waals surface area (Å²) in [6.07, 6.45) is 3.52. The van der Waals surface area contributed by atoms with Crippen molar-refractivity contribution in [3.05, 3.63) is 23.9 Å². The number of sulfonamides is 1. The van der Waals surface area contributed by atoms with Crippen LogP contribution in [0, 0.1) is 0 Å². The minimum Gasteiger partial charge on any atom is -0.316 e. The zero-order valence-electron chi connectivity index (χ0n) is 10.8. The van der Waals surface area contributed by atoms with E-state index in [4.69, 9.17) is 0 Å². The first-order valence-corrected chi connectivity index (χ1v) is 8.38. The molecule has 0 amide bonds. The molecule has 0 aliphatic rings. The molecule has 1 heterocycles. The molecular weight excluding hydrogens is 270 g/mol. The van der Waals surface area contributed by atoms with Crippen molar-refractivity contribution in [3.63, 3.8) is 0 Å². The second-order valence-corrected chi connectivity index (χ2v) is 6.92. The summed E-state index contributed by atoms with van der Waals surface area (Å²) in [6.45, 7) is 3.05. The van der Waals surface area contributed by atoms with Crippen LogP contribution in [0.15, 0.2) is 23.4 Å². The average molecular weight is 289 g/mol. The molecule has 0 spiro atoms. The Morgan fingerprint density at radius 1 is 1.44 bits per heavy atom. The van der Waals surface area contributed by atoms with Crippen molar-refractivity contribution in [3.8, 4) is 0 Å².